The second-order valence-corrected chi connectivity index (χ2v) is 7.50. The summed E-state index contributed by atoms with van der Waals surface area (Å²) in [6, 6.07) is 19.8. The molecule has 0 aromatic heterocycles. The molecule has 0 atom stereocenters. The third-order valence-electron chi connectivity index (χ3n) is 5.95. The number of hydrogen-bond acceptors (Lipinski definition) is 2. The summed E-state index contributed by atoms with van der Waals surface area (Å²) in [5.74, 6) is 0. The second kappa shape index (κ2) is 11.3. The zero-order valence-corrected chi connectivity index (χ0v) is 20.9. The Balaban J connectivity index is 0.00000150. The zero-order valence-electron chi connectivity index (χ0n) is 17.4. The molecule has 156 valence electrons. The van der Waals surface area contributed by atoms with Crippen LogP contribution in [0.3, 0.4) is 0 Å². The molecule has 0 N–H and O–H groups in total. The van der Waals surface area contributed by atoms with Gasteiger partial charge in [-0.15, -0.1) is 34.0 Å². The lowest BCUT2D eigenvalue weighted by atomic mass is 9.96. The minimum absolute atomic E-state index is 0. The number of benzene rings is 2. The molecule has 0 saturated heterocycles. The number of hydrogen-bond donors (Lipinski definition) is 0. The Bertz CT molecular complexity index is 854. The van der Waals surface area contributed by atoms with Crippen molar-refractivity contribution in [2.45, 2.75) is 20.3 Å². The predicted molar refractivity (Wildman–Crippen MR) is 136 cm³/mol. The molecule has 0 bridgehead atoms. The van der Waals surface area contributed by atoms with Gasteiger partial charge in [-0.3, -0.25) is 4.90 Å². The monoisotopic (exact) mass is 518 g/mol. The highest BCUT2D eigenvalue weighted by Gasteiger charge is 2.30. The SMILES string of the molecule is Br.Br.CCN(CC)CCCN1CC=C2C(=C(c3ccccc3)c3ccccc32)C1. The highest BCUT2D eigenvalue weighted by atomic mass is 79.9. The first-order valence-corrected chi connectivity index (χ1v) is 10.4. The third-order valence-corrected chi connectivity index (χ3v) is 5.95. The van der Waals surface area contributed by atoms with Gasteiger partial charge in [-0.1, -0.05) is 74.5 Å². The summed E-state index contributed by atoms with van der Waals surface area (Å²) in [6.45, 7) is 11.3. The molecule has 1 aliphatic carbocycles. The van der Waals surface area contributed by atoms with Crippen LogP contribution >= 0.6 is 34.0 Å². The summed E-state index contributed by atoms with van der Waals surface area (Å²) >= 11 is 0. The van der Waals surface area contributed by atoms with Crippen LogP contribution in [0.4, 0.5) is 0 Å². The van der Waals surface area contributed by atoms with E-state index in [9.17, 15) is 0 Å². The molecule has 2 aromatic carbocycles. The van der Waals surface area contributed by atoms with Crippen LogP contribution in [0.15, 0.2) is 66.2 Å². The smallest absolute Gasteiger partial charge is 0.0249 e. The molecule has 2 aliphatic rings. The molecule has 4 rings (SSSR count). The maximum absolute atomic E-state index is 2.61. The van der Waals surface area contributed by atoms with Crippen molar-refractivity contribution in [3.63, 3.8) is 0 Å². The minimum Gasteiger partial charge on any atom is -0.304 e. The van der Waals surface area contributed by atoms with E-state index in [1.165, 1.54) is 52.9 Å². The van der Waals surface area contributed by atoms with Crippen LogP contribution in [0, 0.1) is 0 Å². The molecule has 0 fully saturated rings. The van der Waals surface area contributed by atoms with Crippen LogP contribution in [-0.2, 0) is 0 Å². The molecule has 29 heavy (non-hydrogen) atoms. The molecule has 1 heterocycles. The normalized spacial score (nSPS) is 15.3. The fourth-order valence-corrected chi connectivity index (χ4v) is 4.46. The molecule has 0 amide bonds. The second-order valence-electron chi connectivity index (χ2n) is 7.50. The van der Waals surface area contributed by atoms with Gasteiger partial charge >= 0.3 is 0 Å². The molecule has 0 saturated carbocycles. The highest BCUT2D eigenvalue weighted by Crippen LogP contribution is 2.45. The molecule has 2 nitrogen and oxygen atoms in total. The quantitative estimate of drug-likeness (QED) is 0.436. The zero-order chi connectivity index (χ0) is 18.6. The van der Waals surface area contributed by atoms with Crippen LogP contribution in [0.2, 0.25) is 0 Å². The Morgan fingerprint density at radius 3 is 2.21 bits per heavy atom. The Hall–Kier alpha value is -1.20. The molecular formula is C25H32Br2N2. The van der Waals surface area contributed by atoms with E-state index in [2.05, 4.69) is 84.3 Å². The lowest BCUT2D eigenvalue weighted by Crippen LogP contribution is -2.33. The Morgan fingerprint density at radius 2 is 1.52 bits per heavy atom. The molecular weight excluding hydrogens is 488 g/mol. The van der Waals surface area contributed by atoms with E-state index in [-0.39, 0.29) is 34.0 Å². The third kappa shape index (κ3) is 5.11. The van der Waals surface area contributed by atoms with Crippen molar-refractivity contribution in [3.8, 4) is 0 Å². The molecule has 0 unspecified atom stereocenters. The van der Waals surface area contributed by atoms with Crippen LogP contribution in [0.25, 0.3) is 11.1 Å². The van der Waals surface area contributed by atoms with Gasteiger partial charge in [0.2, 0.25) is 0 Å². The topological polar surface area (TPSA) is 6.48 Å². The van der Waals surface area contributed by atoms with Crippen molar-refractivity contribution >= 4 is 45.1 Å². The average molecular weight is 520 g/mol. The van der Waals surface area contributed by atoms with Crippen molar-refractivity contribution in [2.24, 2.45) is 0 Å². The Kier molecular flexibility index (Phi) is 9.35. The fraction of sp³-hybridized carbons (Fsp3) is 0.360. The summed E-state index contributed by atoms with van der Waals surface area (Å²) in [5.41, 5.74) is 8.56. The minimum atomic E-state index is 0. The maximum Gasteiger partial charge on any atom is 0.0249 e. The predicted octanol–water partition coefficient (Wildman–Crippen LogP) is 6.09. The Labute approximate surface area is 196 Å². The van der Waals surface area contributed by atoms with Crippen molar-refractivity contribution in [3.05, 3.63) is 82.9 Å². The highest BCUT2D eigenvalue weighted by molar-refractivity contribution is 8.93. The number of fused-ring (bicyclic) bond motifs is 3. The van der Waals surface area contributed by atoms with E-state index < -0.39 is 0 Å². The van der Waals surface area contributed by atoms with Gasteiger partial charge < -0.3 is 4.90 Å². The van der Waals surface area contributed by atoms with Gasteiger partial charge in [0.15, 0.2) is 0 Å². The first kappa shape index (κ1) is 24.1. The van der Waals surface area contributed by atoms with Gasteiger partial charge in [0.1, 0.15) is 0 Å². The van der Waals surface area contributed by atoms with E-state index in [1.807, 2.05) is 0 Å². The van der Waals surface area contributed by atoms with E-state index >= 15 is 0 Å². The van der Waals surface area contributed by atoms with Crippen molar-refractivity contribution in [1.82, 2.24) is 9.80 Å². The van der Waals surface area contributed by atoms with Gasteiger partial charge in [-0.05, 0) is 59.5 Å². The standard InChI is InChI=1S/C25H30N2.2BrH/c1-3-26(4-2)16-10-17-27-18-15-22-21-13-8-9-14-23(21)25(24(22)19-27)20-11-6-5-7-12-20;;/h5-9,11-15H,3-4,10,16-19H2,1-2H3;2*1H. The number of nitrogens with zero attached hydrogens (tertiary/aromatic N) is 2. The van der Waals surface area contributed by atoms with E-state index in [1.54, 1.807) is 0 Å². The van der Waals surface area contributed by atoms with Gasteiger partial charge in [-0.2, -0.15) is 0 Å². The molecule has 1 aliphatic heterocycles. The van der Waals surface area contributed by atoms with Gasteiger partial charge in [0, 0.05) is 19.6 Å². The molecule has 0 spiro atoms. The largest absolute Gasteiger partial charge is 0.304 e. The summed E-state index contributed by atoms with van der Waals surface area (Å²) in [6.07, 6.45) is 3.69. The van der Waals surface area contributed by atoms with E-state index in [0.29, 0.717) is 0 Å². The molecule has 0 radical (unpaired) electrons. The average Bonchev–Trinajstić information content (AvgIpc) is 3.05. The lowest BCUT2D eigenvalue weighted by molar-refractivity contribution is 0.259. The fourth-order valence-electron chi connectivity index (χ4n) is 4.46. The number of rotatable bonds is 7. The molecule has 2 aromatic rings. The van der Waals surface area contributed by atoms with E-state index in [0.717, 1.165) is 26.2 Å². The van der Waals surface area contributed by atoms with Crippen molar-refractivity contribution in [1.29, 1.82) is 0 Å². The van der Waals surface area contributed by atoms with Crippen LogP contribution < -0.4 is 0 Å². The van der Waals surface area contributed by atoms with Crippen LogP contribution in [-0.4, -0.2) is 49.1 Å². The lowest BCUT2D eigenvalue weighted by Gasteiger charge is -2.28. The summed E-state index contributed by atoms with van der Waals surface area (Å²) in [7, 11) is 0. The number of halogens is 2. The maximum atomic E-state index is 2.61. The van der Waals surface area contributed by atoms with Crippen molar-refractivity contribution in [2.75, 3.05) is 39.3 Å². The first-order valence-electron chi connectivity index (χ1n) is 10.4. The van der Waals surface area contributed by atoms with Gasteiger partial charge in [0.25, 0.3) is 0 Å². The summed E-state index contributed by atoms with van der Waals surface area (Å²) in [4.78, 5) is 5.13. The summed E-state index contributed by atoms with van der Waals surface area (Å²) in [5, 5.41) is 0. The van der Waals surface area contributed by atoms with Crippen LogP contribution in [0.5, 0.6) is 0 Å². The van der Waals surface area contributed by atoms with Crippen LogP contribution in [0.1, 0.15) is 37.0 Å². The van der Waals surface area contributed by atoms with Gasteiger partial charge in [-0.25, -0.2) is 0 Å². The first-order chi connectivity index (χ1) is 13.3. The summed E-state index contributed by atoms with van der Waals surface area (Å²) < 4.78 is 0. The Morgan fingerprint density at radius 1 is 0.862 bits per heavy atom. The van der Waals surface area contributed by atoms with Gasteiger partial charge in [0.05, 0.1) is 0 Å². The molecule has 4 heteroatoms. The van der Waals surface area contributed by atoms with Crippen molar-refractivity contribution < 1.29 is 0 Å². The van der Waals surface area contributed by atoms with E-state index in [4.69, 9.17) is 0 Å².